The average Bonchev–Trinajstić information content (AvgIpc) is 2.81. The molecular weight excluding hydrogens is 442 g/mol. The number of hydrogen-bond acceptors (Lipinski definition) is 7. The fourth-order valence-corrected chi connectivity index (χ4v) is 4.83. The molecule has 0 saturated carbocycles. The summed E-state index contributed by atoms with van der Waals surface area (Å²) in [6, 6.07) is 14.9. The minimum Gasteiger partial charge on any atom is -0.497 e. The fourth-order valence-electron chi connectivity index (χ4n) is 3.88. The topological polar surface area (TPSA) is 82.6 Å². The van der Waals surface area contributed by atoms with Gasteiger partial charge in [0.1, 0.15) is 18.1 Å². The minimum absolute atomic E-state index is 0.0496. The van der Waals surface area contributed by atoms with Crippen LogP contribution in [0.1, 0.15) is 0 Å². The zero-order valence-corrected chi connectivity index (χ0v) is 20.1. The number of rotatable bonds is 11. The van der Waals surface area contributed by atoms with Crippen LogP contribution in [0.4, 0.5) is 11.4 Å². The molecule has 1 heterocycles. The van der Waals surface area contributed by atoms with Gasteiger partial charge in [-0.15, -0.1) is 0 Å². The summed E-state index contributed by atoms with van der Waals surface area (Å²) in [4.78, 5) is 4.45. The van der Waals surface area contributed by atoms with E-state index in [1.54, 1.807) is 37.5 Å². The SMILES string of the molecule is C=CCOc1ccccc1N(CC(O)CN1CCN(c2ccc(OC)cc2)CC1)S(C)(=O)=O. The zero-order chi connectivity index (χ0) is 23.8. The first kappa shape index (κ1) is 24.9. The number of para-hydroxylation sites is 2. The Morgan fingerprint density at radius 2 is 1.79 bits per heavy atom. The van der Waals surface area contributed by atoms with Crippen LogP contribution in [0.15, 0.2) is 61.2 Å². The Balaban J connectivity index is 1.60. The minimum atomic E-state index is -3.62. The molecule has 1 saturated heterocycles. The highest BCUT2D eigenvalue weighted by Crippen LogP contribution is 2.30. The number of anilines is 2. The van der Waals surface area contributed by atoms with E-state index in [-0.39, 0.29) is 13.2 Å². The maximum absolute atomic E-state index is 12.5. The highest BCUT2D eigenvalue weighted by atomic mass is 32.2. The number of sulfonamides is 1. The Bertz CT molecular complexity index is 1010. The van der Waals surface area contributed by atoms with Crippen LogP contribution < -0.4 is 18.7 Å². The number of ether oxygens (including phenoxy) is 2. The molecule has 1 fully saturated rings. The van der Waals surface area contributed by atoms with E-state index in [0.29, 0.717) is 18.0 Å². The van der Waals surface area contributed by atoms with Gasteiger partial charge in [0.05, 0.1) is 31.7 Å². The Hall–Kier alpha value is -2.75. The number of aliphatic hydroxyl groups excluding tert-OH is 1. The molecule has 1 N–H and O–H groups in total. The molecule has 2 aromatic rings. The van der Waals surface area contributed by atoms with E-state index in [1.165, 1.54) is 4.31 Å². The van der Waals surface area contributed by atoms with Crippen molar-refractivity contribution in [3.05, 3.63) is 61.2 Å². The summed E-state index contributed by atoms with van der Waals surface area (Å²) in [6.07, 6.45) is 1.89. The number of piperazine rings is 1. The molecule has 8 nitrogen and oxygen atoms in total. The first-order chi connectivity index (χ1) is 15.8. The second kappa shape index (κ2) is 11.4. The van der Waals surface area contributed by atoms with E-state index in [2.05, 4.69) is 16.4 Å². The first-order valence-electron chi connectivity index (χ1n) is 10.9. The van der Waals surface area contributed by atoms with Crippen LogP contribution in [0.2, 0.25) is 0 Å². The van der Waals surface area contributed by atoms with Crippen molar-refractivity contribution >= 4 is 21.4 Å². The maximum atomic E-state index is 12.5. The molecule has 33 heavy (non-hydrogen) atoms. The molecule has 1 unspecified atom stereocenters. The van der Waals surface area contributed by atoms with Crippen LogP contribution in [0.5, 0.6) is 11.5 Å². The van der Waals surface area contributed by atoms with E-state index >= 15 is 0 Å². The summed E-state index contributed by atoms with van der Waals surface area (Å²) >= 11 is 0. The standard InChI is InChI=1S/C24H33N3O5S/c1-4-17-32-24-8-6-5-7-23(24)27(33(3,29)30)19-21(28)18-25-13-15-26(16-14-25)20-9-11-22(31-2)12-10-20/h4-12,21,28H,1,13-19H2,2-3H3. The fraction of sp³-hybridized carbons (Fsp3) is 0.417. The predicted octanol–water partition coefficient (Wildman–Crippen LogP) is 2.21. The van der Waals surface area contributed by atoms with Gasteiger partial charge in [-0.3, -0.25) is 9.21 Å². The third-order valence-corrected chi connectivity index (χ3v) is 6.69. The summed E-state index contributed by atoms with van der Waals surface area (Å²) in [7, 11) is -1.97. The van der Waals surface area contributed by atoms with Crippen molar-refractivity contribution in [3.8, 4) is 11.5 Å². The second-order valence-electron chi connectivity index (χ2n) is 8.00. The summed E-state index contributed by atoms with van der Waals surface area (Å²) in [5.74, 6) is 1.26. The van der Waals surface area contributed by atoms with Crippen LogP contribution in [-0.2, 0) is 10.0 Å². The smallest absolute Gasteiger partial charge is 0.232 e. The van der Waals surface area contributed by atoms with Gasteiger partial charge in [0.15, 0.2) is 0 Å². The Morgan fingerprint density at radius 1 is 1.12 bits per heavy atom. The van der Waals surface area contributed by atoms with Crippen molar-refractivity contribution in [2.24, 2.45) is 0 Å². The van der Waals surface area contributed by atoms with Crippen molar-refractivity contribution in [2.75, 3.05) is 68.4 Å². The molecule has 0 aromatic heterocycles. The third kappa shape index (κ3) is 6.86. The number of benzene rings is 2. The van der Waals surface area contributed by atoms with Gasteiger partial charge in [-0.2, -0.15) is 0 Å². The quantitative estimate of drug-likeness (QED) is 0.499. The van der Waals surface area contributed by atoms with E-state index in [1.807, 2.05) is 24.3 Å². The lowest BCUT2D eigenvalue weighted by molar-refractivity contribution is 0.115. The molecule has 1 atom stereocenters. The average molecular weight is 476 g/mol. The Labute approximate surface area is 196 Å². The number of hydrogen-bond donors (Lipinski definition) is 1. The molecular formula is C24H33N3O5S. The molecule has 1 aliphatic rings. The molecule has 9 heteroatoms. The van der Waals surface area contributed by atoms with E-state index in [0.717, 1.165) is 43.9 Å². The third-order valence-electron chi connectivity index (χ3n) is 5.55. The van der Waals surface area contributed by atoms with E-state index < -0.39 is 16.1 Å². The molecule has 0 amide bonds. The lowest BCUT2D eigenvalue weighted by Crippen LogP contribution is -2.50. The summed E-state index contributed by atoms with van der Waals surface area (Å²) < 4.78 is 37.1. The van der Waals surface area contributed by atoms with Crippen LogP contribution in [0, 0.1) is 0 Å². The lowest BCUT2D eigenvalue weighted by Gasteiger charge is -2.37. The largest absolute Gasteiger partial charge is 0.497 e. The second-order valence-corrected chi connectivity index (χ2v) is 9.91. The van der Waals surface area contributed by atoms with Crippen molar-refractivity contribution in [3.63, 3.8) is 0 Å². The van der Waals surface area contributed by atoms with E-state index in [9.17, 15) is 13.5 Å². The van der Waals surface area contributed by atoms with Gasteiger partial charge in [-0.05, 0) is 36.4 Å². The molecule has 0 spiro atoms. The van der Waals surface area contributed by atoms with Gasteiger partial charge >= 0.3 is 0 Å². The number of aliphatic hydroxyl groups is 1. The lowest BCUT2D eigenvalue weighted by atomic mass is 10.2. The van der Waals surface area contributed by atoms with Crippen LogP contribution in [0.3, 0.4) is 0 Å². The summed E-state index contributed by atoms with van der Waals surface area (Å²) in [5.41, 5.74) is 1.54. The van der Waals surface area contributed by atoms with E-state index in [4.69, 9.17) is 9.47 Å². The highest BCUT2D eigenvalue weighted by Gasteiger charge is 2.26. The zero-order valence-electron chi connectivity index (χ0n) is 19.3. The summed E-state index contributed by atoms with van der Waals surface area (Å²) in [5, 5.41) is 10.8. The van der Waals surface area contributed by atoms with Gasteiger partial charge in [0, 0.05) is 38.4 Å². The van der Waals surface area contributed by atoms with Crippen molar-refractivity contribution in [1.29, 1.82) is 0 Å². The predicted molar refractivity (Wildman–Crippen MR) is 132 cm³/mol. The van der Waals surface area contributed by atoms with Crippen molar-refractivity contribution in [1.82, 2.24) is 4.90 Å². The van der Waals surface area contributed by atoms with Crippen LogP contribution >= 0.6 is 0 Å². The Kier molecular flexibility index (Phi) is 8.60. The first-order valence-corrected chi connectivity index (χ1v) is 12.8. The van der Waals surface area contributed by atoms with Crippen molar-refractivity contribution in [2.45, 2.75) is 6.10 Å². The number of methoxy groups -OCH3 is 1. The molecule has 0 aliphatic carbocycles. The van der Waals surface area contributed by atoms with Gasteiger partial charge in [0.25, 0.3) is 0 Å². The van der Waals surface area contributed by atoms with Crippen LogP contribution in [-0.4, -0.2) is 83.8 Å². The molecule has 2 aromatic carbocycles. The van der Waals surface area contributed by atoms with Gasteiger partial charge < -0.3 is 19.5 Å². The normalized spacial score (nSPS) is 15.7. The van der Waals surface area contributed by atoms with Gasteiger partial charge in [-0.1, -0.05) is 24.8 Å². The molecule has 1 aliphatic heterocycles. The molecule has 0 radical (unpaired) electrons. The summed E-state index contributed by atoms with van der Waals surface area (Å²) in [6.45, 7) is 7.44. The molecule has 180 valence electrons. The number of β-amino-alcohol motifs (C(OH)–C–C–N with tert-alkyl or cyclic N) is 1. The molecule has 3 rings (SSSR count). The Morgan fingerprint density at radius 3 is 2.39 bits per heavy atom. The monoisotopic (exact) mass is 475 g/mol. The van der Waals surface area contributed by atoms with Gasteiger partial charge in [-0.25, -0.2) is 8.42 Å². The highest BCUT2D eigenvalue weighted by molar-refractivity contribution is 7.92. The number of nitrogens with zero attached hydrogens (tertiary/aromatic N) is 3. The molecule has 0 bridgehead atoms. The maximum Gasteiger partial charge on any atom is 0.232 e. The van der Waals surface area contributed by atoms with Crippen molar-refractivity contribution < 1.29 is 23.0 Å². The van der Waals surface area contributed by atoms with Crippen LogP contribution in [0.25, 0.3) is 0 Å². The van der Waals surface area contributed by atoms with Gasteiger partial charge in [0.2, 0.25) is 10.0 Å².